The normalized spacial score (nSPS) is 23.9. The summed E-state index contributed by atoms with van der Waals surface area (Å²) in [5.74, 6) is 1.06. The maximum atomic E-state index is 11.6. The van der Waals surface area contributed by atoms with Gasteiger partial charge in [0.05, 0.1) is 11.5 Å². The lowest BCUT2D eigenvalue weighted by atomic mass is 9.85. The van der Waals surface area contributed by atoms with Gasteiger partial charge in [-0.05, 0) is 37.1 Å². The van der Waals surface area contributed by atoms with Gasteiger partial charge >= 0.3 is 0 Å². The predicted octanol–water partition coefficient (Wildman–Crippen LogP) is 1.13. The minimum Gasteiger partial charge on any atom is -0.508 e. The Kier molecular flexibility index (Phi) is 3.92. The zero-order valence-electron chi connectivity index (χ0n) is 10.5. The van der Waals surface area contributed by atoms with E-state index in [-0.39, 0.29) is 29.1 Å². The zero-order chi connectivity index (χ0) is 13.2. The van der Waals surface area contributed by atoms with Crippen LogP contribution in [0.25, 0.3) is 0 Å². The van der Waals surface area contributed by atoms with Gasteiger partial charge in [-0.3, -0.25) is 0 Å². The molecule has 2 rings (SSSR count). The third-order valence-corrected chi connectivity index (χ3v) is 5.35. The van der Waals surface area contributed by atoms with Gasteiger partial charge in [-0.2, -0.15) is 0 Å². The molecule has 0 amide bonds. The van der Waals surface area contributed by atoms with Gasteiger partial charge in [0.25, 0.3) is 0 Å². The van der Waals surface area contributed by atoms with Crippen molar-refractivity contribution in [2.45, 2.75) is 12.3 Å². The number of sulfone groups is 1. The molecule has 100 valence electrons. The molecule has 0 aromatic heterocycles. The molecule has 1 aliphatic heterocycles. The van der Waals surface area contributed by atoms with E-state index in [2.05, 4.69) is 5.32 Å². The summed E-state index contributed by atoms with van der Waals surface area (Å²) in [5, 5.41) is 12.7. The second kappa shape index (κ2) is 5.28. The van der Waals surface area contributed by atoms with Gasteiger partial charge in [0, 0.05) is 12.5 Å². The molecule has 1 heterocycles. The lowest BCUT2D eigenvalue weighted by Gasteiger charge is -2.23. The number of likely N-dealkylation sites (N-methyl/N-ethyl adjacent to an activating group) is 1. The van der Waals surface area contributed by atoms with E-state index in [1.807, 2.05) is 13.1 Å². The summed E-state index contributed by atoms with van der Waals surface area (Å²) in [6.45, 7) is 0.726. The highest BCUT2D eigenvalue weighted by atomic mass is 32.2. The minimum atomic E-state index is -2.87. The highest BCUT2D eigenvalue weighted by Crippen LogP contribution is 2.33. The van der Waals surface area contributed by atoms with E-state index < -0.39 is 9.84 Å². The van der Waals surface area contributed by atoms with E-state index >= 15 is 0 Å². The molecule has 2 atom stereocenters. The van der Waals surface area contributed by atoms with Gasteiger partial charge in [-0.15, -0.1) is 0 Å². The quantitative estimate of drug-likeness (QED) is 0.860. The summed E-state index contributed by atoms with van der Waals surface area (Å²) in [5.41, 5.74) is 1.01. The van der Waals surface area contributed by atoms with Crippen LogP contribution in [0.15, 0.2) is 24.3 Å². The average molecular weight is 269 g/mol. The molecule has 0 spiro atoms. The van der Waals surface area contributed by atoms with Crippen molar-refractivity contribution < 1.29 is 13.5 Å². The molecule has 0 radical (unpaired) electrons. The number of rotatable bonds is 4. The van der Waals surface area contributed by atoms with E-state index in [4.69, 9.17) is 0 Å². The van der Waals surface area contributed by atoms with Crippen molar-refractivity contribution in [3.8, 4) is 5.75 Å². The molecule has 0 saturated carbocycles. The third kappa shape index (κ3) is 3.03. The van der Waals surface area contributed by atoms with Crippen LogP contribution in [0.5, 0.6) is 5.75 Å². The molecular formula is C13H19NO3S. The largest absolute Gasteiger partial charge is 0.508 e. The molecule has 1 saturated heterocycles. The molecule has 18 heavy (non-hydrogen) atoms. The zero-order valence-corrected chi connectivity index (χ0v) is 11.3. The molecule has 1 aromatic rings. The Bertz CT molecular complexity index is 513. The predicted molar refractivity (Wildman–Crippen MR) is 71.5 cm³/mol. The van der Waals surface area contributed by atoms with E-state index in [1.54, 1.807) is 18.2 Å². The first-order valence-electron chi connectivity index (χ1n) is 6.16. The van der Waals surface area contributed by atoms with Gasteiger partial charge in [-0.25, -0.2) is 8.42 Å². The Balaban J connectivity index is 2.24. The summed E-state index contributed by atoms with van der Waals surface area (Å²) in [4.78, 5) is 0. The Hall–Kier alpha value is -1.07. The van der Waals surface area contributed by atoms with E-state index in [0.717, 1.165) is 12.1 Å². The van der Waals surface area contributed by atoms with Crippen LogP contribution in [0, 0.1) is 5.92 Å². The van der Waals surface area contributed by atoms with Gasteiger partial charge in [-0.1, -0.05) is 12.1 Å². The van der Waals surface area contributed by atoms with Crippen LogP contribution < -0.4 is 5.32 Å². The van der Waals surface area contributed by atoms with Crippen molar-refractivity contribution in [1.82, 2.24) is 5.32 Å². The molecule has 0 aliphatic carbocycles. The highest BCUT2D eigenvalue weighted by molar-refractivity contribution is 7.91. The van der Waals surface area contributed by atoms with Crippen LogP contribution >= 0.6 is 0 Å². The molecule has 2 N–H and O–H groups in total. The SMILES string of the molecule is CNCC(c1cccc(O)c1)C1CCS(=O)(=O)C1. The maximum Gasteiger partial charge on any atom is 0.150 e. The monoisotopic (exact) mass is 269 g/mol. The summed E-state index contributed by atoms with van der Waals surface area (Å²) >= 11 is 0. The molecule has 2 unspecified atom stereocenters. The molecule has 5 heteroatoms. The molecule has 1 aliphatic rings. The molecular weight excluding hydrogens is 250 g/mol. The number of hydrogen-bond donors (Lipinski definition) is 2. The second-order valence-electron chi connectivity index (χ2n) is 4.92. The van der Waals surface area contributed by atoms with Crippen molar-refractivity contribution in [2.24, 2.45) is 5.92 Å². The molecule has 0 bridgehead atoms. The van der Waals surface area contributed by atoms with Gasteiger partial charge < -0.3 is 10.4 Å². The highest BCUT2D eigenvalue weighted by Gasteiger charge is 2.34. The molecule has 1 fully saturated rings. The Morgan fingerprint density at radius 3 is 2.83 bits per heavy atom. The first kappa shape index (κ1) is 13.4. The average Bonchev–Trinajstić information content (AvgIpc) is 2.66. The standard InChI is InChI=1S/C13H19NO3S/c1-14-8-13(10-3-2-4-12(15)7-10)11-5-6-18(16,17)9-11/h2-4,7,11,13-15H,5-6,8-9H2,1H3. The van der Waals surface area contributed by atoms with Crippen molar-refractivity contribution in [3.05, 3.63) is 29.8 Å². The number of nitrogens with one attached hydrogen (secondary N) is 1. The fraction of sp³-hybridized carbons (Fsp3) is 0.538. The smallest absolute Gasteiger partial charge is 0.150 e. The van der Waals surface area contributed by atoms with Crippen molar-refractivity contribution >= 4 is 9.84 Å². The Morgan fingerprint density at radius 2 is 2.28 bits per heavy atom. The van der Waals surface area contributed by atoms with Gasteiger partial charge in [0.15, 0.2) is 9.84 Å². The number of aromatic hydroxyl groups is 1. The topological polar surface area (TPSA) is 66.4 Å². The van der Waals surface area contributed by atoms with Crippen molar-refractivity contribution in [1.29, 1.82) is 0 Å². The summed E-state index contributed by atoms with van der Waals surface area (Å²) < 4.78 is 23.2. The Labute approximate surface area is 108 Å². The minimum absolute atomic E-state index is 0.138. The van der Waals surface area contributed by atoms with Crippen LogP contribution in [0.2, 0.25) is 0 Å². The van der Waals surface area contributed by atoms with Crippen LogP contribution in [-0.2, 0) is 9.84 Å². The van der Waals surface area contributed by atoms with Gasteiger partial charge in [0.1, 0.15) is 5.75 Å². The Morgan fingerprint density at radius 1 is 1.50 bits per heavy atom. The third-order valence-electron chi connectivity index (χ3n) is 3.56. The van der Waals surface area contributed by atoms with Crippen LogP contribution in [0.1, 0.15) is 17.9 Å². The summed E-state index contributed by atoms with van der Waals surface area (Å²) in [7, 11) is -1.01. The van der Waals surface area contributed by atoms with Crippen molar-refractivity contribution in [3.63, 3.8) is 0 Å². The fourth-order valence-corrected chi connectivity index (χ4v) is 4.55. The molecule has 1 aromatic carbocycles. The summed E-state index contributed by atoms with van der Waals surface area (Å²) in [6, 6.07) is 7.11. The first-order chi connectivity index (χ1) is 8.52. The van der Waals surface area contributed by atoms with Crippen LogP contribution in [-0.4, -0.2) is 38.6 Å². The second-order valence-corrected chi connectivity index (χ2v) is 7.15. The fourth-order valence-electron chi connectivity index (χ4n) is 2.67. The van der Waals surface area contributed by atoms with E-state index in [0.29, 0.717) is 6.42 Å². The number of hydrogen-bond acceptors (Lipinski definition) is 4. The van der Waals surface area contributed by atoms with Crippen LogP contribution in [0.4, 0.5) is 0 Å². The first-order valence-corrected chi connectivity index (χ1v) is 7.98. The number of phenols is 1. The van der Waals surface area contributed by atoms with Gasteiger partial charge in [0.2, 0.25) is 0 Å². The van der Waals surface area contributed by atoms with E-state index in [1.165, 1.54) is 0 Å². The van der Waals surface area contributed by atoms with Crippen molar-refractivity contribution in [2.75, 3.05) is 25.1 Å². The summed E-state index contributed by atoms with van der Waals surface area (Å²) in [6.07, 6.45) is 0.713. The maximum absolute atomic E-state index is 11.6. The lowest BCUT2D eigenvalue weighted by molar-refractivity contribution is 0.444. The lowest BCUT2D eigenvalue weighted by Crippen LogP contribution is -2.25. The number of phenolic OH excluding ortho intramolecular Hbond substituents is 1. The van der Waals surface area contributed by atoms with Crippen LogP contribution in [0.3, 0.4) is 0 Å². The van der Waals surface area contributed by atoms with E-state index in [9.17, 15) is 13.5 Å². The molecule has 4 nitrogen and oxygen atoms in total. The number of benzene rings is 1.